The zero-order valence-corrected chi connectivity index (χ0v) is 12.8. The van der Waals surface area contributed by atoms with Crippen LogP contribution in [0.15, 0.2) is 41.4 Å². The highest BCUT2D eigenvalue weighted by atomic mass is 35.5. The van der Waals surface area contributed by atoms with Gasteiger partial charge in [-0.3, -0.25) is 0 Å². The summed E-state index contributed by atoms with van der Waals surface area (Å²) in [6, 6.07) is 7.74. The number of aromatic nitrogens is 1. The molecule has 0 aliphatic rings. The summed E-state index contributed by atoms with van der Waals surface area (Å²) in [7, 11) is -3.51. The van der Waals surface area contributed by atoms with Crippen molar-refractivity contribution in [3.05, 3.63) is 63.0 Å². The molecule has 0 saturated carbocycles. The fourth-order valence-electron chi connectivity index (χ4n) is 1.87. The second-order valence-corrected chi connectivity index (χ2v) is 7.09. The Labute approximate surface area is 127 Å². The standard InChI is InChI=1S/C13H11Cl2NO3S/c1-20(18,19)13-6-3-7-16(17)12(13)8-9-10(14)4-2-5-11(9)15/h2-7H,8H2,1H3. The summed E-state index contributed by atoms with van der Waals surface area (Å²) in [6.45, 7) is 0. The van der Waals surface area contributed by atoms with Crippen molar-refractivity contribution >= 4 is 33.0 Å². The van der Waals surface area contributed by atoms with E-state index in [-0.39, 0.29) is 17.0 Å². The zero-order valence-electron chi connectivity index (χ0n) is 10.5. The topological polar surface area (TPSA) is 61.1 Å². The van der Waals surface area contributed by atoms with Crippen molar-refractivity contribution in [2.24, 2.45) is 0 Å². The minimum Gasteiger partial charge on any atom is -0.618 e. The number of nitrogens with zero attached hydrogens (tertiary/aromatic N) is 1. The molecule has 0 fully saturated rings. The van der Waals surface area contributed by atoms with Gasteiger partial charge >= 0.3 is 0 Å². The van der Waals surface area contributed by atoms with Gasteiger partial charge in [-0.05, 0) is 23.8 Å². The molecule has 0 spiro atoms. The van der Waals surface area contributed by atoms with Gasteiger partial charge in [0.25, 0.3) is 0 Å². The van der Waals surface area contributed by atoms with Crippen LogP contribution in [0.3, 0.4) is 0 Å². The first-order valence-corrected chi connectivity index (χ1v) is 8.29. The zero-order chi connectivity index (χ0) is 14.9. The van der Waals surface area contributed by atoms with Crippen LogP contribution in [-0.2, 0) is 16.3 Å². The maximum absolute atomic E-state index is 11.9. The molecule has 4 nitrogen and oxygen atoms in total. The molecule has 1 aromatic heterocycles. The molecule has 20 heavy (non-hydrogen) atoms. The first-order valence-electron chi connectivity index (χ1n) is 5.64. The third-order valence-corrected chi connectivity index (χ3v) is 4.70. The minimum atomic E-state index is -3.51. The van der Waals surface area contributed by atoms with Gasteiger partial charge in [0.1, 0.15) is 4.90 Å². The van der Waals surface area contributed by atoms with E-state index in [1.807, 2.05) is 0 Å². The number of benzene rings is 1. The molecule has 1 aromatic carbocycles. The summed E-state index contributed by atoms with van der Waals surface area (Å²) in [6.07, 6.45) is 2.35. The Hall–Kier alpha value is -1.30. The van der Waals surface area contributed by atoms with Crippen molar-refractivity contribution in [3.8, 4) is 0 Å². The number of sulfone groups is 1. The molecule has 0 unspecified atom stereocenters. The third-order valence-electron chi connectivity index (χ3n) is 2.82. The first kappa shape index (κ1) is 15.1. The molecule has 0 atom stereocenters. The Balaban J connectivity index is 2.60. The lowest BCUT2D eigenvalue weighted by Gasteiger charge is -2.10. The van der Waals surface area contributed by atoms with Crippen LogP contribution in [0.4, 0.5) is 0 Å². The van der Waals surface area contributed by atoms with E-state index in [2.05, 4.69) is 0 Å². The smallest absolute Gasteiger partial charge is 0.215 e. The monoisotopic (exact) mass is 331 g/mol. The van der Waals surface area contributed by atoms with Crippen LogP contribution in [-0.4, -0.2) is 14.7 Å². The van der Waals surface area contributed by atoms with E-state index < -0.39 is 9.84 Å². The highest BCUT2D eigenvalue weighted by Gasteiger charge is 2.22. The van der Waals surface area contributed by atoms with E-state index in [1.54, 1.807) is 18.2 Å². The summed E-state index contributed by atoms with van der Waals surface area (Å²) in [4.78, 5) is -0.0222. The van der Waals surface area contributed by atoms with E-state index in [0.717, 1.165) is 6.26 Å². The second-order valence-electron chi connectivity index (χ2n) is 4.29. The molecule has 0 amide bonds. The van der Waals surface area contributed by atoms with Gasteiger partial charge in [0.15, 0.2) is 16.0 Å². The molecule has 0 aliphatic carbocycles. The minimum absolute atomic E-state index is 0.0222. The van der Waals surface area contributed by atoms with Crippen molar-refractivity contribution in [2.45, 2.75) is 11.3 Å². The van der Waals surface area contributed by atoms with Crippen molar-refractivity contribution in [1.29, 1.82) is 0 Å². The largest absolute Gasteiger partial charge is 0.618 e. The molecule has 0 bridgehead atoms. The molecule has 1 heterocycles. The van der Waals surface area contributed by atoms with Crippen LogP contribution in [0.25, 0.3) is 0 Å². The number of pyridine rings is 1. The first-order chi connectivity index (χ1) is 9.30. The number of rotatable bonds is 3. The fraction of sp³-hybridized carbons (Fsp3) is 0.154. The molecule has 106 valence electrons. The van der Waals surface area contributed by atoms with Gasteiger partial charge in [-0.25, -0.2) is 8.42 Å². The number of hydrogen-bond acceptors (Lipinski definition) is 3. The van der Waals surface area contributed by atoms with Crippen LogP contribution in [0, 0.1) is 5.21 Å². The summed E-state index contributed by atoms with van der Waals surface area (Å²) in [5.74, 6) is 0. The van der Waals surface area contributed by atoms with Crippen molar-refractivity contribution < 1.29 is 13.1 Å². The van der Waals surface area contributed by atoms with Crippen molar-refractivity contribution in [2.75, 3.05) is 6.26 Å². The summed E-state index contributed by atoms with van der Waals surface area (Å²) < 4.78 is 24.0. The van der Waals surface area contributed by atoms with E-state index >= 15 is 0 Å². The van der Waals surface area contributed by atoms with E-state index in [1.165, 1.54) is 18.3 Å². The summed E-state index contributed by atoms with van der Waals surface area (Å²) >= 11 is 12.1. The number of hydrogen-bond donors (Lipinski definition) is 0. The van der Waals surface area contributed by atoms with Gasteiger partial charge < -0.3 is 5.21 Å². The van der Waals surface area contributed by atoms with Crippen LogP contribution in [0.2, 0.25) is 10.0 Å². The lowest BCUT2D eigenvalue weighted by molar-refractivity contribution is -0.615. The third kappa shape index (κ3) is 3.06. The Morgan fingerprint density at radius 3 is 2.30 bits per heavy atom. The van der Waals surface area contributed by atoms with E-state index in [9.17, 15) is 13.6 Å². The lowest BCUT2D eigenvalue weighted by Crippen LogP contribution is -2.33. The molecule has 2 rings (SSSR count). The van der Waals surface area contributed by atoms with Crippen LogP contribution in [0.1, 0.15) is 11.3 Å². The maximum Gasteiger partial charge on any atom is 0.215 e. The van der Waals surface area contributed by atoms with Crippen molar-refractivity contribution in [1.82, 2.24) is 0 Å². The maximum atomic E-state index is 11.9. The second kappa shape index (κ2) is 5.60. The molecule has 0 saturated heterocycles. The normalized spacial score (nSPS) is 11.6. The lowest BCUT2D eigenvalue weighted by atomic mass is 10.1. The highest BCUT2D eigenvalue weighted by Crippen LogP contribution is 2.27. The Morgan fingerprint density at radius 1 is 1.15 bits per heavy atom. The van der Waals surface area contributed by atoms with Gasteiger partial charge in [-0.15, -0.1) is 0 Å². The van der Waals surface area contributed by atoms with Crippen LogP contribution >= 0.6 is 23.2 Å². The predicted octanol–water partition coefficient (Wildman–Crippen LogP) is 2.62. The number of halogens is 2. The van der Waals surface area contributed by atoms with Gasteiger partial charge in [-0.1, -0.05) is 29.3 Å². The average Bonchev–Trinajstić information content (AvgIpc) is 2.34. The SMILES string of the molecule is CS(=O)(=O)c1ccc[n+]([O-])c1Cc1c(Cl)cccc1Cl. The van der Waals surface area contributed by atoms with E-state index in [0.29, 0.717) is 20.3 Å². The van der Waals surface area contributed by atoms with Gasteiger partial charge in [0.05, 0.1) is 6.42 Å². The van der Waals surface area contributed by atoms with Gasteiger partial charge in [0, 0.05) is 22.4 Å². The average molecular weight is 332 g/mol. The molecular weight excluding hydrogens is 321 g/mol. The molecule has 2 aromatic rings. The summed E-state index contributed by atoms with van der Waals surface area (Å²) in [5.41, 5.74) is 0.626. The van der Waals surface area contributed by atoms with Gasteiger partial charge in [-0.2, -0.15) is 4.73 Å². The molecule has 0 N–H and O–H groups in total. The molecule has 0 aliphatic heterocycles. The summed E-state index contributed by atoms with van der Waals surface area (Å²) in [5, 5.41) is 12.7. The van der Waals surface area contributed by atoms with E-state index in [4.69, 9.17) is 23.2 Å². The van der Waals surface area contributed by atoms with Crippen molar-refractivity contribution in [3.63, 3.8) is 0 Å². The molecule has 0 radical (unpaired) electrons. The molecular formula is C13H11Cl2NO3S. The highest BCUT2D eigenvalue weighted by molar-refractivity contribution is 7.90. The Bertz CT molecular complexity index is 740. The van der Waals surface area contributed by atoms with Gasteiger partial charge in [0.2, 0.25) is 5.69 Å². The van der Waals surface area contributed by atoms with Crippen LogP contribution < -0.4 is 4.73 Å². The fourth-order valence-corrected chi connectivity index (χ4v) is 3.32. The van der Waals surface area contributed by atoms with Crippen LogP contribution in [0.5, 0.6) is 0 Å². The Morgan fingerprint density at radius 2 is 1.75 bits per heavy atom. The Kier molecular flexibility index (Phi) is 4.22. The molecule has 7 heteroatoms. The quantitative estimate of drug-likeness (QED) is 0.641. The predicted molar refractivity (Wildman–Crippen MR) is 77.8 cm³/mol.